The first-order chi connectivity index (χ1) is 11.7. The molecule has 1 spiro atoms. The maximum atomic E-state index is 12.3. The van der Waals surface area contributed by atoms with Gasteiger partial charge in [-0.05, 0) is 37.5 Å². The first-order valence-electron chi connectivity index (χ1n) is 9.15. The SMILES string of the molecule is O=C1CCC2(CCN(c3cnccn3)CC2)CN1C[C@@H]1CCCO1. The fourth-order valence-electron chi connectivity index (χ4n) is 4.38. The molecule has 6 heteroatoms. The highest BCUT2D eigenvalue weighted by atomic mass is 16.5. The minimum Gasteiger partial charge on any atom is -0.376 e. The van der Waals surface area contributed by atoms with Crippen LogP contribution in [0, 0.1) is 5.41 Å². The van der Waals surface area contributed by atoms with E-state index in [2.05, 4.69) is 19.8 Å². The van der Waals surface area contributed by atoms with Gasteiger partial charge in [0.1, 0.15) is 5.82 Å². The highest BCUT2D eigenvalue weighted by Gasteiger charge is 2.41. The molecule has 4 rings (SSSR count). The molecule has 0 saturated carbocycles. The second kappa shape index (κ2) is 6.67. The lowest BCUT2D eigenvalue weighted by Crippen LogP contribution is -2.53. The molecule has 3 aliphatic rings. The Labute approximate surface area is 143 Å². The third kappa shape index (κ3) is 3.24. The minimum absolute atomic E-state index is 0.254. The van der Waals surface area contributed by atoms with Crippen LogP contribution < -0.4 is 4.90 Å². The van der Waals surface area contributed by atoms with Gasteiger partial charge in [-0.15, -0.1) is 0 Å². The first-order valence-corrected chi connectivity index (χ1v) is 9.15. The normalized spacial score (nSPS) is 27.0. The lowest BCUT2D eigenvalue weighted by atomic mass is 9.72. The monoisotopic (exact) mass is 330 g/mol. The summed E-state index contributed by atoms with van der Waals surface area (Å²) >= 11 is 0. The van der Waals surface area contributed by atoms with Crippen LogP contribution in [-0.4, -0.2) is 59.7 Å². The number of likely N-dealkylation sites (tertiary alicyclic amines) is 1. The lowest BCUT2D eigenvalue weighted by molar-refractivity contribution is -0.140. The Bertz CT molecular complexity index is 566. The molecule has 6 nitrogen and oxygen atoms in total. The number of hydrogen-bond acceptors (Lipinski definition) is 5. The highest BCUT2D eigenvalue weighted by molar-refractivity contribution is 5.77. The number of anilines is 1. The molecule has 1 aromatic rings. The number of amides is 1. The molecule has 0 N–H and O–H groups in total. The van der Waals surface area contributed by atoms with E-state index in [4.69, 9.17) is 4.74 Å². The Kier molecular flexibility index (Phi) is 4.39. The molecule has 130 valence electrons. The maximum absolute atomic E-state index is 12.3. The summed E-state index contributed by atoms with van der Waals surface area (Å²) in [5.41, 5.74) is 0.283. The van der Waals surface area contributed by atoms with Gasteiger partial charge in [-0.2, -0.15) is 0 Å². The summed E-state index contributed by atoms with van der Waals surface area (Å²) < 4.78 is 5.74. The number of rotatable bonds is 3. The minimum atomic E-state index is 0.254. The molecular weight excluding hydrogens is 304 g/mol. The molecule has 1 amide bonds. The Morgan fingerprint density at radius 1 is 1.25 bits per heavy atom. The molecule has 3 saturated heterocycles. The summed E-state index contributed by atoms with van der Waals surface area (Å²) in [6.45, 7) is 4.54. The number of carbonyl (C=O) groups excluding carboxylic acids is 1. The molecule has 3 aliphatic heterocycles. The molecule has 0 unspecified atom stereocenters. The van der Waals surface area contributed by atoms with E-state index in [1.165, 1.54) is 0 Å². The second-order valence-electron chi connectivity index (χ2n) is 7.46. The third-order valence-electron chi connectivity index (χ3n) is 5.89. The summed E-state index contributed by atoms with van der Waals surface area (Å²) in [6.07, 6.45) is 11.8. The quantitative estimate of drug-likeness (QED) is 0.847. The van der Waals surface area contributed by atoms with Gasteiger partial charge in [0.15, 0.2) is 0 Å². The molecule has 1 aromatic heterocycles. The van der Waals surface area contributed by atoms with Crippen molar-refractivity contribution in [3.63, 3.8) is 0 Å². The van der Waals surface area contributed by atoms with Crippen molar-refractivity contribution in [2.24, 2.45) is 5.41 Å². The predicted molar refractivity (Wildman–Crippen MR) is 90.7 cm³/mol. The van der Waals surface area contributed by atoms with Crippen molar-refractivity contribution in [1.29, 1.82) is 0 Å². The Balaban J connectivity index is 1.38. The van der Waals surface area contributed by atoms with Crippen LogP contribution in [0.1, 0.15) is 38.5 Å². The second-order valence-corrected chi connectivity index (χ2v) is 7.46. The standard InChI is InChI=1S/C18H26N4O2/c23-17-3-4-18(14-22(17)13-15-2-1-11-24-15)5-9-21(10-6-18)16-12-19-7-8-20-16/h7-8,12,15H,1-6,9-11,13-14H2/t15-/m0/s1. The highest BCUT2D eigenvalue weighted by Crippen LogP contribution is 2.41. The zero-order valence-corrected chi connectivity index (χ0v) is 14.2. The van der Waals surface area contributed by atoms with Gasteiger partial charge in [-0.25, -0.2) is 4.98 Å². The summed E-state index contributed by atoms with van der Waals surface area (Å²) in [6, 6.07) is 0. The van der Waals surface area contributed by atoms with E-state index < -0.39 is 0 Å². The van der Waals surface area contributed by atoms with Crippen molar-refractivity contribution < 1.29 is 9.53 Å². The van der Waals surface area contributed by atoms with Gasteiger partial charge >= 0.3 is 0 Å². The Morgan fingerprint density at radius 3 is 2.83 bits per heavy atom. The van der Waals surface area contributed by atoms with Crippen LogP contribution in [0.5, 0.6) is 0 Å². The van der Waals surface area contributed by atoms with Crippen molar-refractivity contribution in [2.75, 3.05) is 37.7 Å². The summed E-state index contributed by atoms with van der Waals surface area (Å²) in [7, 11) is 0. The zero-order valence-electron chi connectivity index (χ0n) is 14.2. The van der Waals surface area contributed by atoms with Gasteiger partial charge in [0, 0.05) is 51.6 Å². The molecule has 3 fully saturated rings. The van der Waals surface area contributed by atoms with E-state index >= 15 is 0 Å². The van der Waals surface area contributed by atoms with Crippen LogP contribution >= 0.6 is 0 Å². The lowest BCUT2D eigenvalue weighted by Gasteiger charge is -2.48. The van der Waals surface area contributed by atoms with Crippen molar-refractivity contribution in [2.45, 2.75) is 44.6 Å². The van der Waals surface area contributed by atoms with Gasteiger partial charge in [-0.3, -0.25) is 9.78 Å². The maximum Gasteiger partial charge on any atom is 0.222 e. The van der Waals surface area contributed by atoms with Crippen LogP contribution in [0.3, 0.4) is 0 Å². The van der Waals surface area contributed by atoms with Gasteiger partial charge in [0.25, 0.3) is 0 Å². The van der Waals surface area contributed by atoms with Gasteiger partial charge < -0.3 is 14.5 Å². The summed E-state index contributed by atoms with van der Waals surface area (Å²) in [4.78, 5) is 25.3. The largest absolute Gasteiger partial charge is 0.376 e. The topological polar surface area (TPSA) is 58.6 Å². The fraction of sp³-hybridized carbons (Fsp3) is 0.722. The molecule has 1 atom stereocenters. The average Bonchev–Trinajstić information content (AvgIpc) is 3.13. The van der Waals surface area contributed by atoms with Crippen LogP contribution in [0.2, 0.25) is 0 Å². The molecule has 0 radical (unpaired) electrons. The average molecular weight is 330 g/mol. The number of hydrogen-bond donors (Lipinski definition) is 0. The van der Waals surface area contributed by atoms with Crippen molar-refractivity contribution in [3.05, 3.63) is 18.6 Å². The number of carbonyl (C=O) groups is 1. The number of nitrogens with zero attached hydrogens (tertiary/aromatic N) is 4. The molecular formula is C18H26N4O2. The number of piperidine rings is 2. The van der Waals surface area contributed by atoms with Crippen LogP contribution in [0.25, 0.3) is 0 Å². The smallest absolute Gasteiger partial charge is 0.222 e. The molecule has 0 aliphatic carbocycles. The van der Waals surface area contributed by atoms with Gasteiger partial charge in [-0.1, -0.05) is 0 Å². The Hall–Kier alpha value is -1.69. The zero-order chi connectivity index (χ0) is 16.4. The molecule has 0 bridgehead atoms. The van der Waals surface area contributed by atoms with E-state index in [0.29, 0.717) is 12.3 Å². The number of ether oxygens (including phenoxy) is 1. The summed E-state index contributed by atoms with van der Waals surface area (Å²) in [5.74, 6) is 1.28. The molecule has 0 aromatic carbocycles. The van der Waals surface area contributed by atoms with Crippen LogP contribution in [0.15, 0.2) is 18.6 Å². The molecule has 24 heavy (non-hydrogen) atoms. The Morgan fingerprint density at radius 2 is 2.12 bits per heavy atom. The van der Waals surface area contributed by atoms with E-state index in [1.54, 1.807) is 12.4 Å². The van der Waals surface area contributed by atoms with E-state index in [0.717, 1.165) is 70.7 Å². The summed E-state index contributed by atoms with van der Waals surface area (Å²) in [5, 5.41) is 0. The predicted octanol–water partition coefficient (Wildman–Crippen LogP) is 1.86. The van der Waals surface area contributed by atoms with E-state index in [9.17, 15) is 4.79 Å². The van der Waals surface area contributed by atoms with Crippen molar-refractivity contribution in [1.82, 2.24) is 14.9 Å². The molecule has 4 heterocycles. The van der Waals surface area contributed by atoms with Crippen LogP contribution in [-0.2, 0) is 9.53 Å². The van der Waals surface area contributed by atoms with Crippen molar-refractivity contribution >= 4 is 11.7 Å². The third-order valence-corrected chi connectivity index (χ3v) is 5.89. The van der Waals surface area contributed by atoms with Crippen LogP contribution in [0.4, 0.5) is 5.82 Å². The first kappa shape index (κ1) is 15.8. The fourth-order valence-corrected chi connectivity index (χ4v) is 4.38. The number of aromatic nitrogens is 2. The van der Waals surface area contributed by atoms with Gasteiger partial charge in [0.05, 0.1) is 12.3 Å². The van der Waals surface area contributed by atoms with Gasteiger partial charge in [0.2, 0.25) is 5.91 Å². The van der Waals surface area contributed by atoms with Crippen molar-refractivity contribution in [3.8, 4) is 0 Å². The van der Waals surface area contributed by atoms with E-state index in [-0.39, 0.29) is 11.5 Å². The van der Waals surface area contributed by atoms with E-state index in [1.807, 2.05) is 6.20 Å².